The number of carbonyl (C=O) groups is 1. The zero-order valence-corrected chi connectivity index (χ0v) is 11.3. The third kappa shape index (κ3) is 2.44. The maximum Gasteiger partial charge on any atom is 0.330 e. The van der Waals surface area contributed by atoms with Crippen molar-refractivity contribution in [2.75, 3.05) is 13.7 Å². The van der Waals surface area contributed by atoms with Crippen molar-refractivity contribution in [3.05, 3.63) is 34.3 Å². The molecule has 0 spiro atoms. The van der Waals surface area contributed by atoms with Crippen LogP contribution in [-0.4, -0.2) is 19.6 Å². The minimum atomic E-state index is -0.816. The third-order valence-electron chi connectivity index (χ3n) is 2.54. The van der Waals surface area contributed by atoms with Crippen LogP contribution in [0.2, 0.25) is 0 Å². The SMILES string of the molecule is CCNC(C)(C(=O)OC)c1ccccc1Br. The Bertz CT molecular complexity index is 381. The van der Waals surface area contributed by atoms with Crippen LogP contribution in [0.3, 0.4) is 0 Å². The van der Waals surface area contributed by atoms with E-state index in [2.05, 4.69) is 21.2 Å². The van der Waals surface area contributed by atoms with Gasteiger partial charge in [0.1, 0.15) is 5.54 Å². The maximum atomic E-state index is 11.9. The van der Waals surface area contributed by atoms with Crippen molar-refractivity contribution in [2.45, 2.75) is 19.4 Å². The number of likely N-dealkylation sites (N-methyl/N-ethyl adjacent to an activating group) is 1. The lowest BCUT2D eigenvalue weighted by molar-refractivity contribution is -0.148. The molecule has 1 aromatic rings. The standard InChI is InChI=1S/C12H16BrNO2/c1-4-14-12(2,11(15)16-3)9-7-5-6-8-10(9)13/h5-8,14H,4H2,1-3H3. The summed E-state index contributed by atoms with van der Waals surface area (Å²) in [5.41, 5.74) is 0.0625. The lowest BCUT2D eigenvalue weighted by atomic mass is 9.92. The molecular formula is C12H16BrNO2. The van der Waals surface area contributed by atoms with Crippen molar-refractivity contribution in [1.29, 1.82) is 0 Å². The topological polar surface area (TPSA) is 38.3 Å². The van der Waals surface area contributed by atoms with Crippen LogP contribution >= 0.6 is 15.9 Å². The van der Waals surface area contributed by atoms with Gasteiger partial charge < -0.3 is 4.74 Å². The van der Waals surface area contributed by atoms with Crippen LogP contribution in [-0.2, 0) is 15.1 Å². The monoisotopic (exact) mass is 285 g/mol. The molecule has 0 radical (unpaired) electrons. The molecule has 0 aliphatic heterocycles. The Kier molecular flexibility index (Phi) is 4.50. The van der Waals surface area contributed by atoms with Gasteiger partial charge in [0.15, 0.2) is 0 Å². The average molecular weight is 286 g/mol. The van der Waals surface area contributed by atoms with Crippen LogP contribution in [0.15, 0.2) is 28.7 Å². The first kappa shape index (κ1) is 13.2. The molecule has 0 aliphatic carbocycles. The number of ether oxygens (including phenoxy) is 1. The Balaban J connectivity index is 3.21. The van der Waals surface area contributed by atoms with Crippen molar-refractivity contribution < 1.29 is 9.53 Å². The van der Waals surface area contributed by atoms with Crippen molar-refractivity contribution in [3.8, 4) is 0 Å². The summed E-state index contributed by atoms with van der Waals surface area (Å²) in [7, 11) is 1.40. The van der Waals surface area contributed by atoms with Crippen molar-refractivity contribution >= 4 is 21.9 Å². The zero-order chi connectivity index (χ0) is 12.2. The van der Waals surface area contributed by atoms with Gasteiger partial charge in [0, 0.05) is 4.47 Å². The molecule has 0 saturated carbocycles. The summed E-state index contributed by atoms with van der Waals surface area (Å²) in [6.45, 7) is 4.47. The Morgan fingerprint density at radius 3 is 2.62 bits per heavy atom. The molecule has 0 aliphatic rings. The summed E-state index contributed by atoms with van der Waals surface area (Å²) in [6, 6.07) is 7.63. The van der Waals surface area contributed by atoms with E-state index in [1.807, 2.05) is 38.1 Å². The van der Waals surface area contributed by atoms with Crippen LogP contribution in [0, 0.1) is 0 Å². The summed E-state index contributed by atoms with van der Waals surface area (Å²) in [6.07, 6.45) is 0. The number of methoxy groups -OCH3 is 1. The summed E-state index contributed by atoms with van der Waals surface area (Å²) >= 11 is 3.45. The first-order valence-corrected chi connectivity index (χ1v) is 5.94. The quantitative estimate of drug-likeness (QED) is 0.864. The van der Waals surface area contributed by atoms with E-state index < -0.39 is 5.54 Å². The van der Waals surface area contributed by atoms with Crippen LogP contribution in [0.4, 0.5) is 0 Å². The fraction of sp³-hybridized carbons (Fsp3) is 0.417. The molecule has 0 aromatic heterocycles. The largest absolute Gasteiger partial charge is 0.467 e. The van der Waals surface area contributed by atoms with E-state index >= 15 is 0 Å². The van der Waals surface area contributed by atoms with E-state index in [0.717, 1.165) is 10.0 Å². The van der Waals surface area contributed by atoms with Crippen molar-refractivity contribution in [2.24, 2.45) is 0 Å². The molecule has 3 nitrogen and oxygen atoms in total. The minimum Gasteiger partial charge on any atom is -0.467 e. The molecule has 0 fully saturated rings. The van der Waals surface area contributed by atoms with Crippen molar-refractivity contribution in [1.82, 2.24) is 5.32 Å². The smallest absolute Gasteiger partial charge is 0.330 e. The average Bonchev–Trinajstić information content (AvgIpc) is 2.28. The number of hydrogen-bond donors (Lipinski definition) is 1. The van der Waals surface area contributed by atoms with Crippen LogP contribution < -0.4 is 5.32 Å². The highest BCUT2D eigenvalue weighted by molar-refractivity contribution is 9.10. The van der Waals surface area contributed by atoms with Gasteiger partial charge in [0.2, 0.25) is 0 Å². The molecule has 0 heterocycles. The second kappa shape index (κ2) is 5.46. The number of halogens is 1. The normalized spacial score (nSPS) is 14.2. The van der Waals surface area contributed by atoms with E-state index in [4.69, 9.17) is 4.74 Å². The summed E-state index contributed by atoms with van der Waals surface area (Å²) in [5.74, 6) is -0.291. The summed E-state index contributed by atoms with van der Waals surface area (Å²) in [4.78, 5) is 11.9. The molecule has 0 saturated heterocycles. The number of esters is 1. The molecule has 1 aromatic carbocycles. The predicted octanol–water partition coefficient (Wildman–Crippen LogP) is 2.45. The lowest BCUT2D eigenvalue weighted by Gasteiger charge is -2.28. The van der Waals surface area contributed by atoms with Gasteiger partial charge in [0.25, 0.3) is 0 Å². The molecule has 1 N–H and O–H groups in total. The number of hydrogen-bond acceptors (Lipinski definition) is 3. The molecule has 0 bridgehead atoms. The van der Waals surface area contributed by atoms with E-state index in [-0.39, 0.29) is 5.97 Å². The Morgan fingerprint density at radius 1 is 1.50 bits per heavy atom. The Hall–Kier alpha value is -0.870. The van der Waals surface area contributed by atoms with Crippen LogP contribution in [0.5, 0.6) is 0 Å². The molecule has 4 heteroatoms. The van der Waals surface area contributed by atoms with E-state index in [0.29, 0.717) is 6.54 Å². The highest BCUT2D eigenvalue weighted by atomic mass is 79.9. The molecule has 88 valence electrons. The first-order chi connectivity index (χ1) is 7.56. The van der Waals surface area contributed by atoms with Gasteiger partial charge in [0.05, 0.1) is 7.11 Å². The van der Waals surface area contributed by atoms with Gasteiger partial charge in [-0.1, -0.05) is 41.1 Å². The Morgan fingerprint density at radius 2 is 2.12 bits per heavy atom. The first-order valence-electron chi connectivity index (χ1n) is 5.14. The number of benzene rings is 1. The lowest BCUT2D eigenvalue weighted by Crippen LogP contribution is -2.47. The van der Waals surface area contributed by atoms with E-state index in [1.165, 1.54) is 7.11 Å². The number of carbonyl (C=O) groups excluding carboxylic acids is 1. The Labute approximate surface area is 104 Å². The van der Waals surface area contributed by atoms with Crippen LogP contribution in [0.25, 0.3) is 0 Å². The van der Waals surface area contributed by atoms with Gasteiger partial charge in [-0.2, -0.15) is 0 Å². The molecule has 0 amide bonds. The van der Waals surface area contributed by atoms with Gasteiger partial charge >= 0.3 is 5.97 Å². The van der Waals surface area contributed by atoms with Crippen molar-refractivity contribution in [3.63, 3.8) is 0 Å². The molecule has 1 atom stereocenters. The summed E-state index contributed by atoms with van der Waals surface area (Å²) < 4.78 is 5.75. The minimum absolute atomic E-state index is 0.291. The highest BCUT2D eigenvalue weighted by Gasteiger charge is 2.36. The maximum absolute atomic E-state index is 11.9. The van der Waals surface area contributed by atoms with Gasteiger partial charge in [-0.3, -0.25) is 5.32 Å². The zero-order valence-electron chi connectivity index (χ0n) is 9.71. The molecule has 1 unspecified atom stereocenters. The van der Waals surface area contributed by atoms with Gasteiger partial charge in [-0.15, -0.1) is 0 Å². The molecule has 1 rings (SSSR count). The fourth-order valence-electron chi connectivity index (χ4n) is 1.70. The summed E-state index contributed by atoms with van der Waals surface area (Å²) in [5, 5.41) is 3.16. The van der Waals surface area contributed by atoms with E-state index in [9.17, 15) is 4.79 Å². The van der Waals surface area contributed by atoms with Crippen LogP contribution in [0.1, 0.15) is 19.4 Å². The molecular weight excluding hydrogens is 270 g/mol. The molecule has 16 heavy (non-hydrogen) atoms. The van der Waals surface area contributed by atoms with Gasteiger partial charge in [-0.05, 0) is 25.1 Å². The second-order valence-electron chi connectivity index (χ2n) is 3.63. The predicted molar refractivity (Wildman–Crippen MR) is 67.2 cm³/mol. The second-order valence-corrected chi connectivity index (χ2v) is 4.48. The highest BCUT2D eigenvalue weighted by Crippen LogP contribution is 2.29. The number of rotatable bonds is 4. The van der Waals surface area contributed by atoms with E-state index in [1.54, 1.807) is 0 Å². The fourth-order valence-corrected chi connectivity index (χ4v) is 2.38. The third-order valence-corrected chi connectivity index (χ3v) is 3.23. The number of nitrogens with one attached hydrogen (secondary N) is 1. The van der Waals surface area contributed by atoms with Gasteiger partial charge in [-0.25, -0.2) is 4.79 Å².